The summed E-state index contributed by atoms with van der Waals surface area (Å²) >= 11 is 0. The SMILES string of the molecule is CCS(=O)(=O)c1ccc(-c2cc(C(=O)N3CCN(c4ccccc4F)CC3)no2)cc1. The van der Waals surface area contributed by atoms with Gasteiger partial charge in [-0.15, -0.1) is 0 Å². The number of carbonyl (C=O) groups is 1. The van der Waals surface area contributed by atoms with Crippen LogP contribution in [0.3, 0.4) is 0 Å². The molecule has 3 aromatic rings. The number of rotatable bonds is 5. The minimum absolute atomic E-state index is 0.0253. The van der Waals surface area contributed by atoms with Crippen LogP contribution in [0, 0.1) is 5.82 Å². The number of nitrogens with zero attached hydrogens (tertiary/aromatic N) is 3. The number of anilines is 1. The second-order valence-corrected chi connectivity index (χ2v) is 9.51. The molecule has 2 heterocycles. The van der Waals surface area contributed by atoms with Gasteiger partial charge in [-0.3, -0.25) is 4.79 Å². The van der Waals surface area contributed by atoms with Crippen molar-refractivity contribution in [3.05, 3.63) is 66.1 Å². The molecule has 7 nitrogen and oxygen atoms in total. The molecule has 0 aliphatic carbocycles. The van der Waals surface area contributed by atoms with Crippen LogP contribution in [0.5, 0.6) is 0 Å². The lowest BCUT2D eigenvalue weighted by Crippen LogP contribution is -2.49. The molecule has 1 aliphatic heterocycles. The highest BCUT2D eigenvalue weighted by atomic mass is 32.2. The molecule has 0 spiro atoms. The first-order valence-corrected chi connectivity index (χ1v) is 11.6. The van der Waals surface area contributed by atoms with Crippen LogP contribution in [0.15, 0.2) is 64.0 Å². The van der Waals surface area contributed by atoms with Crippen molar-refractivity contribution in [3.8, 4) is 11.3 Å². The van der Waals surface area contributed by atoms with Gasteiger partial charge in [0.05, 0.1) is 16.3 Å². The Labute approximate surface area is 180 Å². The number of carbonyl (C=O) groups excluding carboxylic acids is 1. The molecule has 2 aromatic carbocycles. The number of aromatic nitrogens is 1. The number of halogens is 1. The fourth-order valence-corrected chi connectivity index (χ4v) is 4.41. The highest BCUT2D eigenvalue weighted by molar-refractivity contribution is 7.91. The van der Waals surface area contributed by atoms with Gasteiger partial charge in [0.1, 0.15) is 5.82 Å². The first kappa shape index (κ1) is 21.0. The number of hydrogen-bond donors (Lipinski definition) is 0. The highest BCUT2D eigenvalue weighted by Gasteiger charge is 2.26. The zero-order chi connectivity index (χ0) is 22.0. The Kier molecular flexibility index (Phi) is 5.77. The van der Waals surface area contributed by atoms with E-state index in [2.05, 4.69) is 5.16 Å². The van der Waals surface area contributed by atoms with Crippen LogP contribution in [0.2, 0.25) is 0 Å². The molecule has 4 rings (SSSR count). The van der Waals surface area contributed by atoms with E-state index in [4.69, 9.17) is 4.52 Å². The maximum absolute atomic E-state index is 14.0. The van der Waals surface area contributed by atoms with E-state index in [0.29, 0.717) is 43.2 Å². The second kappa shape index (κ2) is 8.50. The second-order valence-electron chi connectivity index (χ2n) is 7.23. The van der Waals surface area contributed by atoms with Crippen molar-refractivity contribution in [1.82, 2.24) is 10.1 Å². The first-order valence-electron chi connectivity index (χ1n) is 9.97. The molecule has 0 saturated carbocycles. The lowest BCUT2D eigenvalue weighted by Gasteiger charge is -2.35. The molecule has 1 amide bonds. The van der Waals surface area contributed by atoms with E-state index in [9.17, 15) is 17.6 Å². The van der Waals surface area contributed by atoms with Crippen LogP contribution in [-0.4, -0.2) is 56.3 Å². The number of para-hydroxylation sites is 1. The van der Waals surface area contributed by atoms with E-state index < -0.39 is 9.84 Å². The van der Waals surface area contributed by atoms with Gasteiger partial charge in [0.2, 0.25) is 0 Å². The van der Waals surface area contributed by atoms with Crippen LogP contribution >= 0.6 is 0 Å². The Balaban J connectivity index is 1.43. The van der Waals surface area contributed by atoms with Gasteiger partial charge in [-0.25, -0.2) is 12.8 Å². The normalized spacial score (nSPS) is 14.6. The van der Waals surface area contributed by atoms with E-state index >= 15 is 0 Å². The molecule has 162 valence electrons. The molecular weight excluding hydrogens is 421 g/mol. The van der Waals surface area contributed by atoms with Crippen molar-refractivity contribution in [3.63, 3.8) is 0 Å². The summed E-state index contributed by atoms with van der Waals surface area (Å²) < 4.78 is 43.2. The van der Waals surface area contributed by atoms with Crippen molar-refractivity contribution in [2.45, 2.75) is 11.8 Å². The van der Waals surface area contributed by atoms with Gasteiger partial charge in [-0.2, -0.15) is 0 Å². The maximum atomic E-state index is 14.0. The van der Waals surface area contributed by atoms with Crippen LogP contribution in [-0.2, 0) is 9.84 Å². The summed E-state index contributed by atoms with van der Waals surface area (Å²) in [5, 5.41) is 3.89. The molecule has 0 atom stereocenters. The molecule has 0 N–H and O–H groups in total. The Morgan fingerprint density at radius 1 is 1.06 bits per heavy atom. The van der Waals surface area contributed by atoms with Gasteiger partial charge in [0.15, 0.2) is 21.3 Å². The number of amides is 1. The van der Waals surface area contributed by atoms with Crippen molar-refractivity contribution in [2.75, 3.05) is 36.8 Å². The zero-order valence-corrected chi connectivity index (χ0v) is 17.8. The number of piperazine rings is 1. The average Bonchev–Trinajstić information content (AvgIpc) is 3.29. The topological polar surface area (TPSA) is 83.7 Å². The molecule has 1 saturated heterocycles. The minimum Gasteiger partial charge on any atom is -0.366 e. The first-order chi connectivity index (χ1) is 14.9. The van der Waals surface area contributed by atoms with Gasteiger partial charge < -0.3 is 14.3 Å². The molecule has 0 unspecified atom stereocenters. The molecule has 31 heavy (non-hydrogen) atoms. The van der Waals surface area contributed by atoms with Crippen LogP contribution in [0.4, 0.5) is 10.1 Å². The van der Waals surface area contributed by atoms with Crippen LogP contribution < -0.4 is 4.90 Å². The fraction of sp³-hybridized carbons (Fsp3) is 0.273. The van der Waals surface area contributed by atoms with Crippen LogP contribution in [0.25, 0.3) is 11.3 Å². The third-order valence-corrected chi connectivity index (χ3v) is 7.12. The molecule has 1 aliphatic rings. The summed E-state index contributed by atoms with van der Waals surface area (Å²) in [6.45, 7) is 3.51. The summed E-state index contributed by atoms with van der Waals surface area (Å²) in [6.07, 6.45) is 0. The van der Waals surface area contributed by atoms with Crippen LogP contribution in [0.1, 0.15) is 17.4 Å². The van der Waals surface area contributed by atoms with E-state index in [1.165, 1.54) is 18.2 Å². The molecule has 0 bridgehead atoms. The average molecular weight is 444 g/mol. The monoisotopic (exact) mass is 443 g/mol. The van der Waals surface area contributed by atoms with Gasteiger partial charge in [-0.05, 0) is 36.4 Å². The molecule has 1 fully saturated rings. The molecule has 0 radical (unpaired) electrons. The summed E-state index contributed by atoms with van der Waals surface area (Å²) in [6, 6.07) is 14.4. The van der Waals surface area contributed by atoms with Gasteiger partial charge >= 0.3 is 0 Å². The number of benzene rings is 2. The third kappa shape index (κ3) is 4.32. The maximum Gasteiger partial charge on any atom is 0.276 e. The molecule has 9 heteroatoms. The van der Waals surface area contributed by atoms with Crippen molar-refractivity contribution >= 4 is 21.4 Å². The van der Waals surface area contributed by atoms with E-state index in [1.807, 2.05) is 4.90 Å². The zero-order valence-electron chi connectivity index (χ0n) is 17.0. The summed E-state index contributed by atoms with van der Waals surface area (Å²) in [5.41, 5.74) is 1.34. The Bertz CT molecular complexity index is 1180. The van der Waals surface area contributed by atoms with Gasteiger partial charge in [-0.1, -0.05) is 24.2 Å². The molecule has 1 aromatic heterocycles. The standard InChI is InChI=1S/C22H22FN3O4S/c1-2-31(28,29)17-9-7-16(8-10-17)21-15-19(24-30-21)22(27)26-13-11-25(12-14-26)20-6-4-3-5-18(20)23/h3-10,15H,2,11-14H2,1H3. The van der Waals surface area contributed by atoms with Gasteiger partial charge in [0.25, 0.3) is 5.91 Å². The van der Waals surface area contributed by atoms with Gasteiger partial charge in [0, 0.05) is 37.8 Å². The third-order valence-electron chi connectivity index (χ3n) is 5.37. The van der Waals surface area contributed by atoms with Crippen molar-refractivity contribution in [2.24, 2.45) is 0 Å². The summed E-state index contributed by atoms with van der Waals surface area (Å²) in [7, 11) is -3.28. The van der Waals surface area contributed by atoms with E-state index in [0.717, 1.165) is 0 Å². The number of hydrogen-bond acceptors (Lipinski definition) is 6. The van der Waals surface area contributed by atoms with Crippen molar-refractivity contribution < 1.29 is 22.1 Å². The Morgan fingerprint density at radius 2 is 1.74 bits per heavy atom. The lowest BCUT2D eigenvalue weighted by atomic mass is 10.1. The highest BCUT2D eigenvalue weighted by Crippen LogP contribution is 2.24. The minimum atomic E-state index is -3.28. The predicted molar refractivity (Wildman–Crippen MR) is 114 cm³/mol. The van der Waals surface area contributed by atoms with E-state index in [-0.39, 0.29) is 28.1 Å². The number of sulfone groups is 1. The smallest absolute Gasteiger partial charge is 0.276 e. The summed E-state index contributed by atoms with van der Waals surface area (Å²) in [4.78, 5) is 16.6. The largest absolute Gasteiger partial charge is 0.366 e. The van der Waals surface area contributed by atoms with Crippen molar-refractivity contribution in [1.29, 1.82) is 0 Å². The quantitative estimate of drug-likeness (QED) is 0.602. The Hall–Kier alpha value is -3.20. The van der Waals surface area contributed by atoms with E-state index in [1.54, 1.807) is 48.2 Å². The Morgan fingerprint density at radius 3 is 2.39 bits per heavy atom. The fourth-order valence-electron chi connectivity index (χ4n) is 3.53. The molecular formula is C22H22FN3O4S. The lowest BCUT2D eigenvalue weighted by molar-refractivity contribution is 0.0736. The summed E-state index contributed by atoms with van der Waals surface area (Å²) in [5.74, 6) is -0.124. The predicted octanol–water partition coefficient (Wildman–Crippen LogP) is 3.24.